The van der Waals surface area contributed by atoms with Gasteiger partial charge in [0, 0.05) is 31.4 Å². The van der Waals surface area contributed by atoms with Crippen molar-refractivity contribution in [3.8, 4) is 17.2 Å². The molecule has 1 aromatic heterocycles. The lowest BCUT2D eigenvalue weighted by Gasteiger charge is -2.19. The number of amides is 1. The van der Waals surface area contributed by atoms with Gasteiger partial charge in [-0.3, -0.25) is 9.89 Å². The molecule has 7 nitrogen and oxygen atoms in total. The van der Waals surface area contributed by atoms with E-state index < -0.39 is 0 Å². The average molecular weight is 303 g/mol. The molecule has 0 bridgehead atoms. The summed E-state index contributed by atoms with van der Waals surface area (Å²) >= 11 is 0. The van der Waals surface area contributed by atoms with Crippen LogP contribution in [0.1, 0.15) is 28.9 Å². The molecule has 3 rings (SSSR count). The number of phenolic OH excluding ortho intramolecular Hbond substituents is 2. The molecule has 1 amide bonds. The third-order valence-electron chi connectivity index (χ3n) is 3.61. The van der Waals surface area contributed by atoms with E-state index in [0.717, 1.165) is 18.9 Å². The smallest absolute Gasteiger partial charge is 0.261 e. The summed E-state index contributed by atoms with van der Waals surface area (Å²) < 4.78 is 5.57. The summed E-state index contributed by atoms with van der Waals surface area (Å²) in [6, 6.07) is 4.21. The molecule has 22 heavy (non-hydrogen) atoms. The van der Waals surface area contributed by atoms with Gasteiger partial charge in [-0.1, -0.05) is 0 Å². The van der Waals surface area contributed by atoms with Gasteiger partial charge in [0.1, 0.15) is 29.4 Å². The van der Waals surface area contributed by atoms with Crippen molar-refractivity contribution in [1.29, 1.82) is 0 Å². The third-order valence-corrected chi connectivity index (χ3v) is 3.61. The number of phenols is 2. The maximum absolute atomic E-state index is 12.5. The minimum absolute atomic E-state index is 0.0789. The van der Waals surface area contributed by atoms with Crippen LogP contribution in [-0.4, -0.2) is 44.3 Å². The highest BCUT2D eigenvalue weighted by molar-refractivity contribution is 6.00. The highest BCUT2D eigenvalue weighted by Crippen LogP contribution is 2.34. The summed E-state index contributed by atoms with van der Waals surface area (Å²) in [4.78, 5) is 14.2. The largest absolute Gasteiger partial charge is 0.508 e. The molecule has 116 valence electrons. The number of nitrogens with zero attached hydrogens (tertiary/aromatic N) is 2. The van der Waals surface area contributed by atoms with Crippen LogP contribution in [0.15, 0.2) is 24.4 Å². The topological polar surface area (TPSA) is 98.7 Å². The van der Waals surface area contributed by atoms with Gasteiger partial charge in [0.2, 0.25) is 0 Å². The van der Waals surface area contributed by atoms with E-state index in [2.05, 4.69) is 10.2 Å². The van der Waals surface area contributed by atoms with E-state index in [1.165, 1.54) is 6.07 Å². The van der Waals surface area contributed by atoms with Gasteiger partial charge in [-0.2, -0.15) is 5.10 Å². The normalized spacial score (nSPS) is 14.3. The molecular formula is C15H17N3O4. The van der Waals surface area contributed by atoms with E-state index in [1.54, 1.807) is 17.2 Å². The molecule has 0 atom stereocenters. The molecule has 1 aliphatic heterocycles. The van der Waals surface area contributed by atoms with E-state index in [-0.39, 0.29) is 35.3 Å². The highest BCUT2D eigenvalue weighted by atomic mass is 16.5. The summed E-state index contributed by atoms with van der Waals surface area (Å²) in [5.74, 6) is -0.578. The SMILES string of the molecule is O=C(c1c(O)cc(O)cc1OCc1cc[nH]n1)N1CCCC1. The second-order valence-corrected chi connectivity index (χ2v) is 5.19. The number of rotatable bonds is 4. The van der Waals surface area contributed by atoms with Gasteiger partial charge in [0.15, 0.2) is 0 Å². The average Bonchev–Trinajstić information content (AvgIpc) is 3.17. The van der Waals surface area contributed by atoms with Gasteiger partial charge >= 0.3 is 0 Å². The Morgan fingerprint density at radius 2 is 2.09 bits per heavy atom. The van der Waals surface area contributed by atoms with Crippen molar-refractivity contribution in [3.63, 3.8) is 0 Å². The first-order valence-corrected chi connectivity index (χ1v) is 7.12. The lowest BCUT2D eigenvalue weighted by Crippen LogP contribution is -2.28. The van der Waals surface area contributed by atoms with Crippen molar-refractivity contribution in [2.45, 2.75) is 19.4 Å². The summed E-state index contributed by atoms with van der Waals surface area (Å²) in [6.07, 6.45) is 3.57. The summed E-state index contributed by atoms with van der Waals surface area (Å²) in [5, 5.41) is 26.3. The number of nitrogens with one attached hydrogen (secondary N) is 1. The van der Waals surface area contributed by atoms with Crippen LogP contribution in [0.4, 0.5) is 0 Å². The maximum atomic E-state index is 12.5. The number of hydrogen-bond acceptors (Lipinski definition) is 5. The van der Waals surface area contributed by atoms with Gasteiger partial charge in [0.05, 0.1) is 5.69 Å². The van der Waals surface area contributed by atoms with Crippen molar-refractivity contribution in [2.75, 3.05) is 13.1 Å². The second-order valence-electron chi connectivity index (χ2n) is 5.19. The first kappa shape index (κ1) is 14.2. The van der Waals surface area contributed by atoms with Crippen LogP contribution in [0.2, 0.25) is 0 Å². The second kappa shape index (κ2) is 5.97. The molecule has 0 spiro atoms. The van der Waals surface area contributed by atoms with E-state index in [0.29, 0.717) is 18.8 Å². The maximum Gasteiger partial charge on any atom is 0.261 e. The van der Waals surface area contributed by atoms with E-state index in [9.17, 15) is 15.0 Å². The van der Waals surface area contributed by atoms with Crippen molar-refractivity contribution >= 4 is 5.91 Å². The first-order valence-electron chi connectivity index (χ1n) is 7.12. The number of likely N-dealkylation sites (tertiary alicyclic amines) is 1. The van der Waals surface area contributed by atoms with Crippen molar-refractivity contribution in [2.24, 2.45) is 0 Å². The van der Waals surface area contributed by atoms with Crippen LogP contribution in [0.5, 0.6) is 17.2 Å². The Bertz CT molecular complexity index is 664. The molecule has 1 fully saturated rings. The number of aromatic hydroxyl groups is 2. The predicted molar refractivity (Wildman–Crippen MR) is 77.8 cm³/mol. The van der Waals surface area contributed by atoms with E-state index in [1.807, 2.05) is 0 Å². The molecule has 0 aliphatic carbocycles. The van der Waals surface area contributed by atoms with Crippen molar-refractivity contribution < 1.29 is 19.7 Å². The lowest BCUT2D eigenvalue weighted by molar-refractivity contribution is 0.0784. The van der Waals surface area contributed by atoms with Crippen LogP contribution in [-0.2, 0) is 6.61 Å². The van der Waals surface area contributed by atoms with Gasteiger partial charge in [-0.05, 0) is 18.9 Å². The third kappa shape index (κ3) is 2.83. The fourth-order valence-electron chi connectivity index (χ4n) is 2.52. The molecule has 1 saturated heterocycles. The number of carbonyl (C=O) groups excluding carboxylic acids is 1. The number of aromatic nitrogens is 2. The lowest BCUT2D eigenvalue weighted by atomic mass is 10.1. The quantitative estimate of drug-likeness (QED) is 0.797. The van der Waals surface area contributed by atoms with Gasteiger partial charge in [0.25, 0.3) is 5.91 Å². The number of carbonyl (C=O) groups is 1. The zero-order valence-electron chi connectivity index (χ0n) is 12.0. The monoisotopic (exact) mass is 303 g/mol. The Balaban J connectivity index is 1.88. The number of H-pyrrole nitrogens is 1. The van der Waals surface area contributed by atoms with Crippen molar-refractivity contribution in [3.05, 3.63) is 35.7 Å². The number of hydrogen-bond donors (Lipinski definition) is 3. The van der Waals surface area contributed by atoms with Crippen LogP contribution >= 0.6 is 0 Å². The number of ether oxygens (including phenoxy) is 1. The molecule has 0 saturated carbocycles. The van der Waals surface area contributed by atoms with Crippen LogP contribution in [0, 0.1) is 0 Å². The molecule has 2 heterocycles. The van der Waals surface area contributed by atoms with Gasteiger partial charge < -0.3 is 19.8 Å². The zero-order valence-corrected chi connectivity index (χ0v) is 12.0. The van der Waals surface area contributed by atoms with E-state index in [4.69, 9.17) is 4.74 Å². The molecule has 3 N–H and O–H groups in total. The van der Waals surface area contributed by atoms with Crippen LogP contribution < -0.4 is 4.74 Å². The predicted octanol–water partition coefficient (Wildman–Crippen LogP) is 1.64. The van der Waals surface area contributed by atoms with Crippen LogP contribution in [0.3, 0.4) is 0 Å². The molecule has 2 aromatic rings. The summed E-state index contributed by atoms with van der Waals surface area (Å²) in [6.45, 7) is 1.46. The molecule has 0 radical (unpaired) electrons. The Labute approximate surface area is 127 Å². The Morgan fingerprint density at radius 1 is 1.32 bits per heavy atom. The first-order chi connectivity index (χ1) is 10.6. The Hall–Kier alpha value is -2.70. The zero-order chi connectivity index (χ0) is 15.5. The fraction of sp³-hybridized carbons (Fsp3) is 0.333. The number of aromatic amines is 1. The molecule has 0 unspecified atom stereocenters. The molecular weight excluding hydrogens is 286 g/mol. The standard InChI is InChI=1S/C15H17N3O4/c19-11-7-12(20)14(15(21)18-5-1-2-6-18)13(8-11)22-9-10-3-4-16-17-10/h3-4,7-8,19-20H,1-2,5-6,9H2,(H,16,17). The van der Waals surface area contributed by atoms with E-state index >= 15 is 0 Å². The minimum atomic E-state index is -0.285. The molecule has 1 aliphatic rings. The highest BCUT2D eigenvalue weighted by Gasteiger charge is 2.26. The number of benzene rings is 1. The Morgan fingerprint density at radius 3 is 2.77 bits per heavy atom. The molecule has 7 heteroatoms. The van der Waals surface area contributed by atoms with Crippen molar-refractivity contribution in [1.82, 2.24) is 15.1 Å². The molecule has 1 aromatic carbocycles. The van der Waals surface area contributed by atoms with Gasteiger partial charge in [-0.15, -0.1) is 0 Å². The Kier molecular flexibility index (Phi) is 3.86. The minimum Gasteiger partial charge on any atom is -0.508 e. The fourth-order valence-corrected chi connectivity index (χ4v) is 2.52. The summed E-state index contributed by atoms with van der Waals surface area (Å²) in [7, 11) is 0. The summed E-state index contributed by atoms with van der Waals surface area (Å²) in [5.41, 5.74) is 0.734. The van der Waals surface area contributed by atoms with Gasteiger partial charge in [-0.25, -0.2) is 0 Å². The van der Waals surface area contributed by atoms with Crippen LogP contribution in [0.25, 0.3) is 0 Å².